The third-order valence-electron chi connectivity index (χ3n) is 4.15. The summed E-state index contributed by atoms with van der Waals surface area (Å²) in [6.45, 7) is 4.99. The molecular formula is C21H30N2O. The standard InChI is InChI=1S/C21H30N2O/c1-18(23-16-9-15-22-2)20-13-6-7-14-21(20)24-17-8-12-19-10-4-3-5-11-19/h3-7,10-11,13-14,18,22-23H,8-9,12,15-17H2,1-2H3. The maximum Gasteiger partial charge on any atom is 0.124 e. The van der Waals surface area contributed by atoms with Gasteiger partial charge >= 0.3 is 0 Å². The lowest BCUT2D eigenvalue weighted by atomic mass is 10.1. The first-order chi connectivity index (χ1) is 11.8. The molecule has 1 atom stereocenters. The highest BCUT2D eigenvalue weighted by molar-refractivity contribution is 5.35. The Kier molecular flexibility index (Phi) is 8.36. The average molecular weight is 326 g/mol. The van der Waals surface area contributed by atoms with Crippen molar-refractivity contribution in [1.29, 1.82) is 0 Å². The molecule has 0 aromatic heterocycles. The summed E-state index contributed by atoms with van der Waals surface area (Å²) in [4.78, 5) is 0. The molecule has 130 valence electrons. The van der Waals surface area contributed by atoms with E-state index in [2.05, 4.69) is 66.1 Å². The number of para-hydroxylation sites is 1. The molecule has 3 nitrogen and oxygen atoms in total. The molecule has 2 aromatic rings. The summed E-state index contributed by atoms with van der Waals surface area (Å²) < 4.78 is 6.06. The predicted molar refractivity (Wildman–Crippen MR) is 102 cm³/mol. The van der Waals surface area contributed by atoms with E-state index in [9.17, 15) is 0 Å². The molecule has 0 bridgehead atoms. The Hall–Kier alpha value is -1.84. The molecule has 0 saturated heterocycles. The molecule has 3 heteroatoms. The van der Waals surface area contributed by atoms with Crippen LogP contribution in [0.3, 0.4) is 0 Å². The van der Waals surface area contributed by atoms with Gasteiger partial charge in [-0.25, -0.2) is 0 Å². The van der Waals surface area contributed by atoms with E-state index < -0.39 is 0 Å². The minimum atomic E-state index is 0.298. The van der Waals surface area contributed by atoms with Gasteiger partial charge < -0.3 is 15.4 Å². The molecule has 0 aliphatic heterocycles. The zero-order valence-electron chi connectivity index (χ0n) is 14.9. The van der Waals surface area contributed by atoms with Crippen LogP contribution in [0.15, 0.2) is 54.6 Å². The van der Waals surface area contributed by atoms with Gasteiger partial charge in [-0.1, -0.05) is 48.5 Å². The van der Waals surface area contributed by atoms with Gasteiger partial charge in [0.15, 0.2) is 0 Å². The summed E-state index contributed by atoms with van der Waals surface area (Å²) in [5.41, 5.74) is 2.61. The van der Waals surface area contributed by atoms with Crippen molar-refractivity contribution in [2.45, 2.75) is 32.2 Å². The largest absolute Gasteiger partial charge is 0.493 e. The highest BCUT2D eigenvalue weighted by Gasteiger charge is 2.10. The number of rotatable bonds is 11. The quantitative estimate of drug-likeness (QED) is 0.613. The molecule has 24 heavy (non-hydrogen) atoms. The maximum absolute atomic E-state index is 6.06. The first-order valence-electron chi connectivity index (χ1n) is 8.95. The second-order valence-electron chi connectivity index (χ2n) is 6.11. The predicted octanol–water partition coefficient (Wildman–Crippen LogP) is 3.96. The van der Waals surface area contributed by atoms with Crippen LogP contribution in [0.25, 0.3) is 0 Å². The van der Waals surface area contributed by atoms with Crippen molar-refractivity contribution in [3.8, 4) is 5.75 Å². The Bertz CT molecular complexity index is 571. The summed E-state index contributed by atoms with van der Waals surface area (Å²) in [6.07, 6.45) is 3.21. The van der Waals surface area contributed by atoms with Crippen molar-refractivity contribution in [3.05, 3.63) is 65.7 Å². The second kappa shape index (κ2) is 10.8. The van der Waals surface area contributed by atoms with Gasteiger partial charge in [0.1, 0.15) is 5.75 Å². The van der Waals surface area contributed by atoms with Crippen molar-refractivity contribution < 1.29 is 4.74 Å². The van der Waals surface area contributed by atoms with E-state index in [4.69, 9.17) is 4.74 Å². The first kappa shape index (κ1) is 18.5. The van der Waals surface area contributed by atoms with E-state index in [-0.39, 0.29) is 0 Å². The van der Waals surface area contributed by atoms with E-state index in [0.717, 1.165) is 44.7 Å². The molecule has 0 heterocycles. The average Bonchev–Trinajstić information content (AvgIpc) is 2.63. The van der Waals surface area contributed by atoms with Crippen LogP contribution in [0.1, 0.15) is 36.9 Å². The molecule has 1 unspecified atom stereocenters. The lowest BCUT2D eigenvalue weighted by molar-refractivity contribution is 0.304. The van der Waals surface area contributed by atoms with Gasteiger partial charge in [-0.05, 0) is 58.0 Å². The van der Waals surface area contributed by atoms with E-state index in [1.54, 1.807) is 0 Å². The van der Waals surface area contributed by atoms with Gasteiger partial charge in [-0.3, -0.25) is 0 Å². The van der Waals surface area contributed by atoms with Crippen LogP contribution in [0.4, 0.5) is 0 Å². The Morgan fingerprint density at radius 2 is 1.67 bits per heavy atom. The highest BCUT2D eigenvalue weighted by atomic mass is 16.5. The van der Waals surface area contributed by atoms with Crippen LogP contribution < -0.4 is 15.4 Å². The number of aryl methyl sites for hydroxylation is 1. The van der Waals surface area contributed by atoms with Crippen LogP contribution in [0.5, 0.6) is 5.75 Å². The maximum atomic E-state index is 6.06. The monoisotopic (exact) mass is 326 g/mol. The van der Waals surface area contributed by atoms with Gasteiger partial charge in [0.25, 0.3) is 0 Å². The smallest absolute Gasteiger partial charge is 0.124 e. The van der Waals surface area contributed by atoms with Crippen LogP contribution >= 0.6 is 0 Å². The molecule has 2 aromatic carbocycles. The minimum absolute atomic E-state index is 0.298. The zero-order valence-corrected chi connectivity index (χ0v) is 14.9. The number of hydrogen-bond acceptors (Lipinski definition) is 3. The van der Waals surface area contributed by atoms with Gasteiger partial charge in [0, 0.05) is 11.6 Å². The van der Waals surface area contributed by atoms with Crippen molar-refractivity contribution in [3.63, 3.8) is 0 Å². The summed E-state index contributed by atoms with van der Waals surface area (Å²) in [5.74, 6) is 0.999. The summed E-state index contributed by atoms with van der Waals surface area (Å²) >= 11 is 0. The summed E-state index contributed by atoms with van der Waals surface area (Å²) in [5, 5.41) is 6.75. The Balaban J connectivity index is 1.79. The number of nitrogens with one attached hydrogen (secondary N) is 2. The number of benzene rings is 2. The number of ether oxygens (including phenoxy) is 1. The molecule has 0 amide bonds. The van der Waals surface area contributed by atoms with E-state index in [1.807, 2.05) is 13.1 Å². The zero-order chi connectivity index (χ0) is 17.0. The number of hydrogen-bond donors (Lipinski definition) is 2. The molecule has 0 saturated carbocycles. The minimum Gasteiger partial charge on any atom is -0.493 e. The van der Waals surface area contributed by atoms with Crippen LogP contribution in [-0.2, 0) is 6.42 Å². The highest BCUT2D eigenvalue weighted by Crippen LogP contribution is 2.25. The topological polar surface area (TPSA) is 33.3 Å². The second-order valence-corrected chi connectivity index (χ2v) is 6.11. The van der Waals surface area contributed by atoms with Gasteiger partial charge in [-0.15, -0.1) is 0 Å². The van der Waals surface area contributed by atoms with Gasteiger partial charge in [-0.2, -0.15) is 0 Å². The van der Waals surface area contributed by atoms with Crippen LogP contribution in [0, 0.1) is 0 Å². The first-order valence-corrected chi connectivity index (χ1v) is 8.95. The van der Waals surface area contributed by atoms with E-state index in [1.165, 1.54) is 11.1 Å². The van der Waals surface area contributed by atoms with Crippen molar-refractivity contribution in [2.75, 3.05) is 26.7 Å². The van der Waals surface area contributed by atoms with Crippen LogP contribution in [0.2, 0.25) is 0 Å². The van der Waals surface area contributed by atoms with Crippen LogP contribution in [-0.4, -0.2) is 26.7 Å². The lowest BCUT2D eigenvalue weighted by Crippen LogP contribution is -2.23. The third kappa shape index (κ3) is 6.34. The SMILES string of the molecule is CNCCCNC(C)c1ccccc1OCCCc1ccccc1. The molecule has 0 spiro atoms. The Morgan fingerprint density at radius 1 is 0.917 bits per heavy atom. The molecule has 0 radical (unpaired) electrons. The van der Waals surface area contributed by atoms with Gasteiger partial charge in [0.05, 0.1) is 6.61 Å². The van der Waals surface area contributed by atoms with E-state index >= 15 is 0 Å². The fourth-order valence-corrected chi connectivity index (χ4v) is 2.77. The Morgan fingerprint density at radius 3 is 2.46 bits per heavy atom. The molecule has 0 fully saturated rings. The summed E-state index contributed by atoms with van der Waals surface area (Å²) in [7, 11) is 1.99. The fraction of sp³-hybridized carbons (Fsp3) is 0.429. The third-order valence-corrected chi connectivity index (χ3v) is 4.15. The molecule has 0 aliphatic carbocycles. The lowest BCUT2D eigenvalue weighted by Gasteiger charge is -2.18. The molecule has 2 N–H and O–H groups in total. The normalized spacial score (nSPS) is 12.1. The van der Waals surface area contributed by atoms with Crippen molar-refractivity contribution >= 4 is 0 Å². The van der Waals surface area contributed by atoms with Crippen molar-refractivity contribution in [2.24, 2.45) is 0 Å². The summed E-state index contributed by atoms with van der Waals surface area (Å²) in [6, 6.07) is 19.2. The van der Waals surface area contributed by atoms with Crippen molar-refractivity contribution in [1.82, 2.24) is 10.6 Å². The Labute approximate surface area is 146 Å². The fourth-order valence-electron chi connectivity index (χ4n) is 2.77. The molecular weight excluding hydrogens is 296 g/mol. The van der Waals surface area contributed by atoms with E-state index in [0.29, 0.717) is 6.04 Å². The molecule has 0 aliphatic rings. The van der Waals surface area contributed by atoms with Gasteiger partial charge in [0.2, 0.25) is 0 Å². The molecule has 2 rings (SSSR count).